The summed E-state index contributed by atoms with van der Waals surface area (Å²) in [4.78, 5) is 16.0. The summed E-state index contributed by atoms with van der Waals surface area (Å²) in [5.74, 6) is 0. The van der Waals surface area contributed by atoms with E-state index in [4.69, 9.17) is 14.3 Å². The van der Waals surface area contributed by atoms with Gasteiger partial charge in [-0.1, -0.05) is 35.9 Å². The smallest absolute Gasteiger partial charge is 1.00 e. The number of allylic oxidation sites excluding steroid dienone is 2. The summed E-state index contributed by atoms with van der Waals surface area (Å²) in [5.41, 5.74) is 3.65. The first-order valence-electron chi connectivity index (χ1n) is 7.73. The number of hydrogen-bond donors (Lipinski definition) is 3. The van der Waals surface area contributed by atoms with Gasteiger partial charge in [-0.2, -0.15) is 8.42 Å². The minimum atomic E-state index is -4.88. The summed E-state index contributed by atoms with van der Waals surface area (Å²) in [6.07, 6.45) is 4.22. The number of rotatable bonds is 9. The molecule has 0 fully saturated rings. The third-order valence-corrected chi connectivity index (χ3v) is 7.47. The number of benzene rings is 1. The monoisotopic (exact) mass is 496 g/mol. The molecule has 0 heterocycles. The predicted molar refractivity (Wildman–Crippen MR) is 97.8 cm³/mol. The van der Waals surface area contributed by atoms with Crippen LogP contribution in [-0.4, -0.2) is 27.7 Å². The molecular weight excluding hydrogens is 469 g/mol. The second kappa shape index (κ2) is 17.4. The van der Waals surface area contributed by atoms with E-state index >= 15 is 0 Å². The molecule has 11 heteroatoms. The third kappa shape index (κ3) is 15.4. The van der Waals surface area contributed by atoms with Crippen molar-refractivity contribution in [2.75, 3.05) is 0 Å². The molecule has 1 aromatic rings. The summed E-state index contributed by atoms with van der Waals surface area (Å²) in [6.45, 7) is 4.04. The molecule has 0 aliphatic carbocycles. The van der Waals surface area contributed by atoms with Crippen molar-refractivity contribution in [1.82, 2.24) is 0 Å². The summed E-state index contributed by atoms with van der Waals surface area (Å²) < 4.78 is 42.2. The molecule has 0 aliphatic rings. The van der Waals surface area contributed by atoms with E-state index in [2.05, 4.69) is 19.1 Å². The minimum absolute atomic E-state index is 0. The molecule has 1 rings (SSSR count). The standard InChI is InChI=1S/C16H25O6PS.3K.3H/c1-13(11-12-15-9-5-4-8-14(15)2)7-3-6-10-16(23(17,18)19)24(20,21)22;;;;;;/h4-5,7-9,16H,3,6,10-12H2,1-2H3,(H2,17,18,19)(H,20,21,22);;;;;;/q;3*+1;3*-1/b13-7+;;;;;;. The van der Waals surface area contributed by atoms with Gasteiger partial charge in [-0.05, 0) is 57.1 Å². The summed E-state index contributed by atoms with van der Waals surface area (Å²) in [7, 11) is -9.64. The van der Waals surface area contributed by atoms with Gasteiger partial charge in [-0.15, -0.1) is 0 Å². The topological polar surface area (TPSA) is 112 Å². The van der Waals surface area contributed by atoms with Crippen LogP contribution < -0.4 is 154 Å². The Morgan fingerprint density at radius 3 is 2.26 bits per heavy atom. The molecule has 3 N–H and O–H groups in total. The van der Waals surface area contributed by atoms with Crippen LogP contribution in [0, 0.1) is 6.92 Å². The number of unbranched alkanes of at least 4 members (excludes halogenated alkanes) is 1. The Morgan fingerprint density at radius 1 is 1.22 bits per heavy atom. The van der Waals surface area contributed by atoms with E-state index in [0.29, 0.717) is 6.42 Å². The molecule has 0 aromatic heterocycles. The maximum Gasteiger partial charge on any atom is 1.00 e. The van der Waals surface area contributed by atoms with Crippen LogP contribution in [0.25, 0.3) is 0 Å². The van der Waals surface area contributed by atoms with E-state index < -0.39 is 22.7 Å². The fourth-order valence-corrected chi connectivity index (χ4v) is 4.83. The first-order chi connectivity index (χ1) is 11.0. The van der Waals surface area contributed by atoms with Gasteiger partial charge >= 0.3 is 162 Å². The molecule has 0 saturated heterocycles. The molecule has 142 valence electrons. The van der Waals surface area contributed by atoms with E-state index in [0.717, 1.165) is 18.4 Å². The van der Waals surface area contributed by atoms with E-state index in [1.54, 1.807) is 0 Å². The first-order valence-corrected chi connectivity index (χ1v) is 10.9. The number of aryl methyl sites for hydroxylation is 2. The molecule has 1 atom stereocenters. The first kappa shape index (κ1) is 35.5. The Kier molecular flexibility index (Phi) is 22.9. The summed E-state index contributed by atoms with van der Waals surface area (Å²) in [5, 5.41) is 0. The van der Waals surface area contributed by atoms with E-state index in [-0.39, 0.29) is 171 Å². The molecule has 0 spiro atoms. The van der Waals surface area contributed by atoms with E-state index in [1.807, 2.05) is 25.1 Å². The fourth-order valence-electron chi connectivity index (χ4n) is 2.46. The normalized spacial score (nSPS) is 13.0. The Hall–Kier alpha value is 3.93. The second-order valence-corrected chi connectivity index (χ2v) is 9.72. The van der Waals surface area contributed by atoms with Crippen LogP contribution in [0.4, 0.5) is 0 Å². The van der Waals surface area contributed by atoms with Gasteiger partial charge in [0, 0.05) is 0 Å². The SMILES string of the molecule is C/C(=C\CCCC(P(=O)(O)O)S(=O)(=O)O)CCc1ccccc1C.[H-].[H-].[H-].[K+].[K+].[K+]. The predicted octanol–water partition coefficient (Wildman–Crippen LogP) is -5.21. The molecule has 27 heavy (non-hydrogen) atoms. The van der Waals surface area contributed by atoms with Crippen molar-refractivity contribution in [3.05, 3.63) is 47.0 Å². The minimum Gasteiger partial charge on any atom is -1.00 e. The van der Waals surface area contributed by atoms with Crippen LogP contribution in [0.5, 0.6) is 0 Å². The maximum atomic E-state index is 11.1. The molecular formula is C16H28K3O6PS. The van der Waals surface area contributed by atoms with Crippen molar-refractivity contribution in [2.45, 2.75) is 50.9 Å². The Bertz CT molecular complexity index is 747. The van der Waals surface area contributed by atoms with E-state index in [1.165, 1.54) is 11.1 Å². The quantitative estimate of drug-likeness (QED) is 0.104. The van der Waals surface area contributed by atoms with Gasteiger partial charge in [0.05, 0.1) is 0 Å². The van der Waals surface area contributed by atoms with Gasteiger partial charge in [0.2, 0.25) is 0 Å². The summed E-state index contributed by atoms with van der Waals surface area (Å²) in [6, 6.07) is 8.14. The van der Waals surface area contributed by atoms with Crippen LogP contribution in [0.3, 0.4) is 0 Å². The Morgan fingerprint density at radius 2 is 1.78 bits per heavy atom. The zero-order valence-electron chi connectivity index (χ0n) is 19.9. The van der Waals surface area contributed by atoms with Crippen LogP contribution in [-0.2, 0) is 21.1 Å². The molecule has 0 amide bonds. The van der Waals surface area contributed by atoms with Crippen LogP contribution in [0.1, 0.15) is 48.0 Å². The van der Waals surface area contributed by atoms with Gasteiger partial charge in [0.1, 0.15) is 0 Å². The molecule has 0 radical (unpaired) electrons. The van der Waals surface area contributed by atoms with Crippen LogP contribution in [0.2, 0.25) is 0 Å². The molecule has 0 saturated carbocycles. The van der Waals surface area contributed by atoms with Gasteiger partial charge in [0.25, 0.3) is 10.1 Å². The van der Waals surface area contributed by atoms with Crippen molar-refractivity contribution in [2.24, 2.45) is 0 Å². The van der Waals surface area contributed by atoms with Crippen molar-refractivity contribution < 1.29 is 186 Å². The fraction of sp³-hybridized carbons (Fsp3) is 0.500. The van der Waals surface area contributed by atoms with Gasteiger partial charge in [0.15, 0.2) is 4.99 Å². The van der Waals surface area contributed by atoms with E-state index in [9.17, 15) is 13.0 Å². The maximum absolute atomic E-state index is 11.1. The second-order valence-electron chi connectivity index (χ2n) is 5.97. The molecule has 0 bridgehead atoms. The third-order valence-electron chi connectivity index (χ3n) is 3.92. The zero-order chi connectivity index (χ0) is 18.4. The molecule has 1 aromatic carbocycles. The van der Waals surface area contributed by atoms with Crippen molar-refractivity contribution in [1.29, 1.82) is 0 Å². The Labute approximate surface area is 294 Å². The van der Waals surface area contributed by atoms with Gasteiger partial charge in [-0.25, -0.2) is 0 Å². The number of hydrogen-bond acceptors (Lipinski definition) is 3. The average Bonchev–Trinajstić information content (AvgIpc) is 2.43. The van der Waals surface area contributed by atoms with Gasteiger partial charge < -0.3 is 14.1 Å². The van der Waals surface area contributed by atoms with Crippen LogP contribution in [0.15, 0.2) is 35.9 Å². The molecule has 0 aliphatic heterocycles. The summed E-state index contributed by atoms with van der Waals surface area (Å²) >= 11 is 0. The van der Waals surface area contributed by atoms with Gasteiger partial charge in [-0.3, -0.25) is 9.12 Å². The van der Waals surface area contributed by atoms with Crippen LogP contribution >= 0.6 is 7.60 Å². The van der Waals surface area contributed by atoms with Crippen molar-refractivity contribution >= 4 is 17.7 Å². The molecule has 6 nitrogen and oxygen atoms in total. The average molecular weight is 497 g/mol. The Balaban J connectivity index is -0.000000240. The zero-order valence-corrected chi connectivity index (χ0v) is 28.0. The largest absolute Gasteiger partial charge is 1.00 e. The van der Waals surface area contributed by atoms with Crippen molar-refractivity contribution in [3.63, 3.8) is 0 Å². The molecule has 1 unspecified atom stereocenters. The van der Waals surface area contributed by atoms with Crippen molar-refractivity contribution in [3.8, 4) is 0 Å².